The van der Waals surface area contributed by atoms with Crippen molar-refractivity contribution in [3.8, 4) is 0 Å². The predicted octanol–water partition coefficient (Wildman–Crippen LogP) is 3.43. The second-order valence-corrected chi connectivity index (χ2v) is 4.24. The van der Waals surface area contributed by atoms with Crippen LogP contribution in [0.2, 0.25) is 0 Å². The Morgan fingerprint density at radius 3 is 2.42 bits per heavy atom. The van der Waals surface area contributed by atoms with Crippen LogP contribution in [0.4, 0.5) is 15.8 Å². The van der Waals surface area contributed by atoms with Crippen molar-refractivity contribution < 1.29 is 9.18 Å². The highest BCUT2D eigenvalue weighted by Crippen LogP contribution is 2.17. The number of carbonyl (C=O) groups is 1. The van der Waals surface area contributed by atoms with E-state index in [1.54, 1.807) is 18.2 Å². The van der Waals surface area contributed by atoms with Gasteiger partial charge in [-0.2, -0.15) is 0 Å². The van der Waals surface area contributed by atoms with E-state index >= 15 is 0 Å². The van der Waals surface area contributed by atoms with E-state index in [0.29, 0.717) is 11.3 Å². The molecule has 98 valence electrons. The molecule has 0 aliphatic carbocycles. The van der Waals surface area contributed by atoms with Gasteiger partial charge in [0.15, 0.2) is 0 Å². The van der Waals surface area contributed by atoms with E-state index in [4.69, 9.17) is 0 Å². The zero-order chi connectivity index (χ0) is 13.8. The molecule has 2 aromatic carbocycles. The maximum atomic E-state index is 13.1. The number of anilines is 2. The molecule has 2 aromatic rings. The topological polar surface area (TPSA) is 41.1 Å². The van der Waals surface area contributed by atoms with Crippen LogP contribution in [-0.4, -0.2) is 13.0 Å². The van der Waals surface area contributed by atoms with E-state index in [1.165, 1.54) is 12.1 Å². The second-order valence-electron chi connectivity index (χ2n) is 4.24. The van der Waals surface area contributed by atoms with Gasteiger partial charge in [0.25, 0.3) is 5.91 Å². The van der Waals surface area contributed by atoms with Crippen LogP contribution in [0.1, 0.15) is 15.9 Å². The van der Waals surface area contributed by atoms with Crippen molar-refractivity contribution in [2.45, 2.75) is 6.92 Å². The van der Waals surface area contributed by atoms with E-state index in [1.807, 2.05) is 26.1 Å². The summed E-state index contributed by atoms with van der Waals surface area (Å²) in [6.07, 6.45) is 0. The van der Waals surface area contributed by atoms with Crippen molar-refractivity contribution in [3.63, 3.8) is 0 Å². The van der Waals surface area contributed by atoms with Crippen LogP contribution < -0.4 is 10.6 Å². The lowest BCUT2D eigenvalue weighted by Gasteiger charge is -2.09. The van der Waals surface area contributed by atoms with E-state index in [0.717, 1.165) is 11.3 Å². The zero-order valence-electron chi connectivity index (χ0n) is 10.8. The summed E-state index contributed by atoms with van der Waals surface area (Å²) in [4.78, 5) is 12.0. The standard InChI is InChI=1S/C15H15FN2O/c1-10-3-6-12(16)9-14(10)18-15(19)11-4-7-13(17-2)8-5-11/h3-9,17H,1-2H3,(H,18,19). The highest BCUT2D eigenvalue weighted by Gasteiger charge is 2.08. The van der Waals surface area contributed by atoms with Gasteiger partial charge >= 0.3 is 0 Å². The van der Waals surface area contributed by atoms with Gasteiger partial charge in [0.1, 0.15) is 5.82 Å². The average molecular weight is 258 g/mol. The summed E-state index contributed by atoms with van der Waals surface area (Å²) in [6.45, 7) is 1.82. The Kier molecular flexibility index (Phi) is 3.80. The molecule has 2 rings (SSSR count). The summed E-state index contributed by atoms with van der Waals surface area (Å²) >= 11 is 0. The van der Waals surface area contributed by atoms with Gasteiger partial charge in [0.05, 0.1) is 0 Å². The Balaban J connectivity index is 2.18. The second kappa shape index (κ2) is 5.52. The molecule has 0 spiro atoms. The largest absolute Gasteiger partial charge is 0.388 e. The van der Waals surface area contributed by atoms with Crippen LogP contribution in [-0.2, 0) is 0 Å². The highest BCUT2D eigenvalue weighted by atomic mass is 19.1. The first-order valence-corrected chi connectivity index (χ1v) is 5.95. The van der Waals surface area contributed by atoms with Crippen LogP contribution in [0, 0.1) is 12.7 Å². The molecule has 0 aliphatic heterocycles. The Labute approximate surface area is 111 Å². The molecular weight excluding hydrogens is 243 g/mol. The maximum absolute atomic E-state index is 13.1. The van der Waals surface area contributed by atoms with Gasteiger partial charge < -0.3 is 10.6 Å². The maximum Gasteiger partial charge on any atom is 0.255 e. The van der Waals surface area contributed by atoms with Crippen LogP contribution in [0.25, 0.3) is 0 Å². The summed E-state index contributed by atoms with van der Waals surface area (Å²) < 4.78 is 13.1. The SMILES string of the molecule is CNc1ccc(C(=O)Nc2cc(F)ccc2C)cc1. The molecule has 0 bridgehead atoms. The highest BCUT2D eigenvalue weighted by molar-refractivity contribution is 6.04. The van der Waals surface area contributed by atoms with Gasteiger partial charge in [-0.05, 0) is 48.9 Å². The predicted molar refractivity (Wildman–Crippen MR) is 75.1 cm³/mol. The first-order chi connectivity index (χ1) is 9.10. The van der Waals surface area contributed by atoms with E-state index in [2.05, 4.69) is 10.6 Å². The van der Waals surface area contributed by atoms with Gasteiger partial charge in [-0.1, -0.05) is 6.07 Å². The molecule has 0 saturated carbocycles. The van der Waals surface area contributed by atoms with E-state index < -0.39 is 0 Å². The molecule has 0 heterocycles. The molecule has 0 aliphatic rings. The number of aryl methyl sites for hydroxylation is 1. The third kappa shape index (κ3) is 3.10. The summed E-state index contributed by atoms with van der Waals surface area (Å²) in [6, 6.07) is 11.4. The summed E-state index contributed by atoms with van der Waals surface area (Å²) in [5.74, 6) is -0.622. The third-order valence-corrected chi connectivity index (χ3v) is 2.88. The normalized spacial score (nSPS) is 10.1. The fourth-order valence-electron chi connectivity index (χ4n) is 1.71. The number of hydrogen-bond acceptors (Lipinski definition) is 2. The number of carbonyl (C=O) groups excluding carboxylic acids is 1. The molecule has 0 radical (unpaired) electrons. The fraction of sp³-hybridized carbons (Fsp3) is 0.133. The molecule has 19 heavy (non-hydrogen) atoms. The van der Waals surface area contributed by atoms with Gasteiger partial charge in [-0.25, -0.2) is 4.39 Å². The first-order valence-electron chi connectivity index (χ1n) is 5.95. The van der Waals surface area contributed by atoms with Gasteiger partial charge in [-0.15, -0.1) is 0 Å². The lowest BCUT2D eigenvalue weighted by Crippen LogP contribution is -2.12. The van der Waals surface area contributed by atoms with Crippen LogP contribution in [0.15, 0.2) is 42.5 Å². The van der Waals surface area contributed by atoms with Gasteiger partial charge in [0.2, 0.25) is 0 Å². The molecule has 0 aromatic heterocycles. The Morgan fingerprint density at radius 1 is 1.11 bits per heavy atom. The number of rotatable bonds is 3. The number of halogens is 1. The Hall–Kier alpha value is -2.36. The number of benzene rings is 2. The van der Waals surface area contributed by atoms with Crippen LogP contribution >= 0.6 is 0 Å². The minimum absolute atomic E-state index is 0.253. The molecule has 0 unspecified atom stereocenters. The molecule has 4 heteroatoms. The van der Waals surface area contributed by atoms with Crippen molar-refractivity contribution in [2.75, 3.05) is 17.7 Å². The number of hydrogen-bond donors (Lipinski definition) is 2. The average Bonchev–Trinajstić information content (AvgIpc) is 2.43. The summed E-state index contributed by atoms with van der Waals surface area (Å²) in [7, 11) is 1.81. The lowest BCUT2D eigenvalue weighted by molar-refractivity contribution is 0.102. The smallest absolute Gasteiger partial charge is 0.255 e. The number of amides is 1. The molecule has 3 nitrogen and oxygen atoms in total. The third-order valence-electron chi connectivity index (χ3n) is 2.88. The minimum atomic E-state index is -0.369. The minimum Gasteiger partial charge on any atom is -0.388 e. The molecule has 2 N–H and O–H groups in total. The van der Waals surface area contributed by atoms with E-state index in [-0.39, 0.29) is 11.7 Å². The van der Waals surface area contributed by atoms with Crippen molar-refractivity contribution in [1.82, 2.24) is 0 Å². The Morgan fingerprint density at radius 2 is 1.79 bits per heavy atom. The van der Waals surface area contributed by atoms with E-state index in [9.17, 15) is 9.18 Å². The van der Waals surface area contributed by atoms with Crippen molar-refractivity contribution in [1.29, 1.82) is 0 Å². The van der Waals surface area contributed by atoms with Gasteiger partial charge in [-0.3, -0.25) is 4.79 Å². The van der Waals surface area contributed by atoms with Crippen molar-refractivity contribution >= 4 is 17.3 Å². The summed E-state index contributed by atoms with van der Waals surface area (Å²) in [5.41, 5.74) is 2.77. The van der Waals surface area contributed by atoms with Gasteiger partial charge in [0, 0.05) is 24.0 Å². The quantitative estimate of drug-likeness (QED) is 0.885. The molecule has 0 atom stereocenters. The summed E-state index contributed by atoms with van der Waals surface area (Å²) in [5, 5.41) is 5.68. The van der Waals surface area contributed by atoms with Crippen LogP contribution in [0.5, 0.6) is 0 Å². The van der Waals surface area contributed by atoms with Crippen LogP contribution in [0.3, 0.4) is 0 Å². The zero-order valence-corrected chi connectivity index (χ0v) is 10.8. The fourth-order valence-corrected chi connectivity index (χ4v) is 1.71. The molecular formula is C15H15FN2O. The first kappa shape index (κ1) is 13.1. The van der Waals surface area contributed by atoms with Crippen molar-refractivity contribution in [3.05, 3.63) is 59.4 Å². The molecule has 0 fully saturated rings. The van der Waals surface area contributed by atoms with Crippen molar-refractivity contribution in [2.24, 2.45) is 0 Å². The lowest BCUT2D eigenvalue weighted by atomic mass is 10.1. The molecule has 0 saturated heterocycles. The monoisotopic (exact) mass is 258 g/mol. The number of nitrogens with one attached hydrogen (secondary N) is 2. The molecule has 1 amide bonds. The Bertz CT molecular complexity index is 594.